The predicted molar refractivity (Wildman–Crippen MR) is 67.2 cm³/mol. The Hall–Kier alpha value is -2.57. The highest BCUT2D eigenvalue weighted by atomic mass is 16.4. The summed E-state index contributed by atoms with van der Waals surface area (Å²) < 4.78 is 0. The minimum absolute atomic E-state index is 0.164. The summed E-state index contributed by atoms with van der Waals surface area (Å²) in [5, 5.41) is 13.4. The molecule has 3 amide bonds. The molecule has 0 bridgehead atoms. The van der Waals surface area contributed by atoms with Gasteiger partial charge in [-0.1, -0.05) is 0 Å². The van der Waals surface area contributed by atoms with Gasteiger partial charge >= 0.3 is 12.0 Å². The number of anilines is 1. The molecule has 0 spiro atoms. The molecule has 1 aromatic carbocycles. The maximum absolute atomic E-state index is 11.6. The third-order valence-electron chi connectivity index (χ3n) is 2.70. The number of rotatable bonds is 4. The van der Waals surface area contributed by atoms with Gasteiger partial charge in [-0.3, -0.25) is 14.5 Å². The van der Waals surface area contributed by atoms with Crippen LogP contribution in [0.5, 0.6) is 0 Å². The topological polar surface area (TPSA) is 98.7 Å². The Kier molecular flexibility index (Phi) is 3.65. The Morgan fingerprint density at radius 3 is 2.53 bits per heavy atom. The average Bonchev–Trinajstić information content (AvgIpc) is 2.82. The molecule has 19 heavy (non-hydrogen) atoms. The second-order valence-corrected chi connectivity index (χ2v) is 4.01. The number of nitrogens with one attached hydrogen (secondary N) is 2. The van der Waals surface area contributed by atoms with Gasteiger partial charge in [0, 0.05) is 24.3 Å². The van der Waals surface area contributed by atoms with Crippen molar-refractivity contribution in [2.75, 3.05) is 24.5 Å². The summed E-state index contributed by atoms with van der Waals surface area (Å²) in [4.78, 5) is 34.9. The molecule has 2 rings (SSSR count). The molecule has 0 unspecified atom stereocenters. The fourth-order valence-electron chi connectivity index (χ4n) is 1.77. The lowest BCUT2D eigenvalue weighted by Crippen LogP contribution is -2.29. The van der Waals surface area contributed by atoms with E-state index in [0.717, 1.165) is 0 Å². The summed E-state index contributed by atoms with van der Waals surface area (Å²) in [7, 11) is 0. The monoisotopic (exact) mass is 263 g/mol. The van der Waals surface area contributed by atoms with E-state index in [1.807, 2.05) is 0 Å². The van der Waals surface area contributed by atoms with Crippen molar-refractivity contribution in [3.05, 3.63) is 29.8 Å². The number of benzene rings is 1. The molecule has 1 saturated heterocycles. The van der Waals surface area contributed by atoms with Crippen LogP contribution in [0.4, 0.5) is 10.5 Å². The normalized spacial score (nSPS) is 14.1. The van der Waals surface area contributed by atoms with E-state index < -0.39 is 18.4 Å². The molecule has 0 atom stereocenters. The first kappa shape index (κ1) is 12.9. The SMILES string of the molecule is O=C(O)CNC(=O)c1ccc(N2CCNC2=O)cc1. The molecule has 0 aliphatic carbocycles. The summed E-state index contributed by atoms with van der Waals surface area (Å²) in [6.45, 7) is 0.762. The Labute approximate surface area is 109 Å². The molecule has 7 nitrogen and oxygen atoms in total. The van der Waals surface area contributed by atoms with Crippen molar-refractivity contribution >= 4 is 23.6 Å². The van der Waals surface area contributed by atoms with E-state index in [-0.39, 0.29) is 6.03 Å². The maximum Gasteiger partial charge on any atom is 0.322 e. The molecular formula is C12H13N3O4. The Balaban J connectivity index is 2.03. The van der Waals surface area contributed by atoms with E-state index in [2.05, 4.69) is 10.6 Å². The van der Waals surface area contributed by atoms with Crippen LogP contribution in [0.3, 0.4) is 0 Å². The van der Waals surface area contributed by atoms with Gasteiger partial charge in [-0.15, -0.1) is 0 Å². The highest BCUT2D eigenvalue weighted by molar-refractivity contribution is 5.97. The van der Waals surface area contributed by atoms with Gasteiger partial charge < -0.3 is 15.7 Å². The van der Waals surface area contributed by atoms with E-state index in [4.69, 9.17) is 5.11 Å². The number of carbonyl (C=O) groups excluding carboxylic acids is 2. The highest BCUT2D eigenvalue weighted by Crippen LogP contribution is 2.17. The van der Waals surface area contributed by atoms with Crippen molar-refractivity contribution in [3.8, 4) is 0 Å². The van der Waals surface area contributed by atoms with Gasteiger partial charge in [0.1, 0.15) is 6.54 Å². The second-order valence-electron chi connectivity index (χ2n) is 4.01. The molecule has 1 aromatic rings. The molecule has 7 heteroatoms. The van der Waals surface area contributed by atoms with Crippen LogP contribution in [0.2, 0.25) is 0 Å². The first-order valence-electron chi connectivity index (χ1n) is 5.73. The smallest absolute Gasteiger partial charge is 0.322 e. The molecule has 0 saturated carbocycles. The zero-order valence-corrected chi connectivity index (χ0v) is 10.0. The van der Waals surface area contributed by atoms with Gasteiger partial charge in [0.2, 0.25) is 0 Å². The van der Waals surface area contributed by atoms with Crippen LogP contribution < -0.4 is 15.5 Å². The molecule has 1 aliphatic rings. The summed E-state index contributed by atoms with van der Waals surface area (Å²) in [5.41, 5.74) is 1.05. The summed E-state index contributed by atoms with van der Waals surface area (Å²) in [6, 6.07) is 6.25. The fraction of sp³-hybridized carbons (Fsp3) is 0.250. The highest BCUT2D eigenvalue weighted by Gasteiger charge is 2.21. The van der Waals surface area contributed by atoms with Crippen molar-refractivity contribution in [3.63, 3.8) is 0 Å². The summed E-state index contributed by atoms with van der Waals surface area (Å²) in [6.07, 6.45) is 0. The molecule has 1 heterocycles. The van der Waals surface area contributed by atoms with Crippen LogP contribution in [0, 0.1) is 0 Å². The first-order chi connectivity index (χ1) is 9.08. The van der Waals surface area contributed by atoms with E-state index >= 15 is 0 Å². The third-order valence-corrected chi connectivity index (χ3v) is 2.70. The van der Waals surface area contributed by atoms with E-state index in [1.54, 1.807) is 29.2 Å². The zero-order valence-electron chi connectivity index (χ0n) is 10.0. The molecule has 0 radical (unpaired) electrons. The summed E-state index contributed by atoms with van der Waals surface area (Å²) >= 11 is 0. The van der Waals surface area contributed by atoms with Gasteiger partial charge in [-0.2, -0.15) is 0 Å². The Morgan fingerprint density at radius 2 is 2.00 bits per heavy atom. The lowest BCUT2D eigenvalue weighted by Gasteiger charge is -2.14. The molecule has 1 fully saturated rings. The number of hydrogen-bond acceptors (Lipinski definition) is 3. The van der Waals surface area contributed by atoms with Crippen molar-refractivity contribution < 1.29 is 19.5 Å². The summed E-state index contributed by atoms with van der Waals surface area (Å²) in [5.74, 6) is -1.56. The average molecular weight is 263 g/mol. The van der Waals surface area contributed by atoms with Crippen molar-refractivity contribution in [1.29, 1.82) is 0 Å². The standard InChI is InChI=1S/C12H13N3O4/c16-10(17)7-14-11(18)8-1-3-9(4-2-8)15-6-5-13-12(15)19/h1-4H,5-7H2,(H,13,19)(H,14,18)(H,16,17). The molecule has 0 aromatic heterocycles. The number of carbonyl (C=O) groups is 3. The number of nitrogens with zero attached hydrogens (tertiary/aromatic N) is 1. The van der Waals surface area contributed by atoms with Crippen LogP contribution in [-0.4, -0.2) is 42.6 Å². The fourth-order valence-corrected chi connectivity index (χ4v) is 1.77. The van der Waals surface area contributed by atoms with Crippen LogP contribution in [-0.2, 0) is 4.79 Å². The van der Waals surface area contributed by atoms with Gasteiger partial charge in [-0.25, -0.2) is 4.79 Å². The molecule has 3 N–H and O–H groups in total. The Bertz CT molecular complexity index is 512. The molecule has 1 aliphatic heterocycles. The van der Waals surface area contributed by atoms with Crippen molar-refractivity contribution in [2.45, 2.75) is 0 Å². The number of urea groups is 1. The van der Waals surface area contributed by atoms with Gasteiger partial charge in [0.25, 0.3) is 5.91 Å². The van der Waals surface area contributed by atoms with Crippen molar-refractivity contribution in [1.82, 2.24) is 10.6 Å². The van der Waals surface area contributed by atoms with Crippen LogP contribution in [0.25, 0.3) is 0 Å². The quantitative estimate of drug-likeness (QED) is 0.713. The van der Waals surface area contributed by atoms with Crippen LogP contribution >= 0.6 is 0 Å². The number of carboxylic acids is 1. The van der Waals surface area contributed by atoms with Gasteiger partial charge in [-0.05, 0) is 24.3 Å². The number of aliphatic carboxylic acids is 1. The second kappa shape index (κ2) is 5.38. The lowest BCUT2D eigenvalue weighted by atomic mass is 10.2. The lowest BCUT2D eigenvalue weighted by molar-refractivity contribution is -0.135. The largest absolute Gasteiger partial charge is 0.480 e. The number of carboxylic acid groups (broad SMARTS) is 1. The number of amides is 3. The number of hydrogen-bond donors (Lipinski definition) is 3. The van der Waals surface area contributed by atoms with Crippen LogP contribution in [0.1, 0.15) is 10.4 Å². The van der Waals surface area contributed by atoms with Gasteiger partial charge in [0.15, 0.2) is 0 Å². The predicted octanol–water partition coefficient (Wildman–Crippen LogP) is 0.0306. The van der Waals surface area contributed by atoms with E-state index in [9.17, 15) is 14.4 Å². The first-order valence-corrected chi connectivity index (χ1v) is 5.73. The van der Waals surface area contributed by atoms with E-state index in [0.29, 0.717) is 24.3 Å². The Morgan fingerprint density at radius 1 is 1.32 bits per heavy atom. The molecular weight excluding hydrogens is 250 g/mol. The van der Waals surface area contributed by atoms with Crippen LogP contribution in [0.15, 0.2) is 24.3 Å². The zero-order chi connectivity index (χ0) is 13.8. The minimum Gasteiger partial charge on any atom is -0.480 e. The van der Waals surface area contributed by atoms with E-state index in [1.165, 1.54) is 0 Å². The third kappa shape index (κ3) is 3.01. The molecule has 100 valence electrons. The maximum atomic E-state index is 11.6. The van der Waals surface area contributed by atoms with Gasteiger partial charge in [0.05, 0.1) is 0 Å². The minimum atomic E-state index is -1.10. The van der Waals surface area contributed by atoms with Crippen molar-refractivity contribution in [2.24, 2.45) is 0 Å².